The van der Waals surface area contributed by atoms with Crippen LogP contribution in [-0.2, 0) is 0 Å². The van der Waals surface area contributed by atoms with Gasteiger partial charge in [0.25, 0.3) is 0 Å². The van der Waals surface area contributed by atoms with Gasteiger partial charge >= 0.3 is 11.9 Å². The Morgan fingerprint density at radius 3 is 1.57 bits per heavy atom. The smallest absolute Gasteiger partial charge is 0.335 e. The number of hydrogen-bond acceptors (Lipinski definition) is 3. The third-order valence-electron chi connectivity index (χ3n) is 3.26. The summed E-state index contributed by atoms with van der Waals surface area (Å²) in [6, 6.07) is 15.3. The van der Waals surface area contributed by atoms with Gasteiger partial charge in [-0.15, -0.1) is 0 Å². The van der Waals surface area contributed by atoms with Gasteiger partial charge < -0.3 is 15.1 Å². The number of nitrogens with zero attached hydrogens (tertiary/aromatic N) is 1. The molecule has 0 saturated carbocycles. The minimum absolute atomic E-state index is 0.331. The van der Waals surface area contributed by atoms with Gasteiger partial charge in [-0.3, -0.25) is 0 Å². The minimum Gasteiger partial charge on any atom is -0.478 e. The molecule has 0 saturated heterocycles. The summed E-state index contributed by atoms with van der Waals surface area (Å²) in [5, 5.41) is 17.1. The Balaban J connectivity index is 0.000000253. The average Bonchev–Trinajstić information content (AvgIpc) is 2.58. The summed E-state index contributed by atoms with van der Waals surface area (Å²) >= 11 is 0. The van der Waals surface area contributed by atoms with Crippen molar-refractivity contribution in [2.45, 2.75) is 13.8 Å². The molecular weight excluding hydrogens is 294 g/mol. The molecular formula is C18H21NO4. The highest BCUT2D eigenvalue weighted by Gasteiger charge is 2.04. The summed E-state index contributed by atoms with van der Waals surface area (Å²) in [4.78, 5) is 23.0. The van der Waals surface area contributed by atoms with Crippen LogP contribution in [-0.4, -0.2) is 35.2 Å². The molecule has 0 unspecified atom stereocenters. The predicted molar refractivity (Wildman–Crippen MR) is 90.4 cm³/mol. The number of carboxylic acid groups (broad SMARTS) is 2. The molecule has 5 heteroatoms. The topological polar surface area (TPSA) is 77.8 Å². The summed E-state index contributed by atoms with van der Waals surface area (Å²) in [7, 11) is 0. The number of anilines is 1. The molecule has 2 aromatic carbocycles. The van der Waals surface area contributed by atoms with Crippen molar-refractivity contribution in [2.75, 3.05) is 18.0 Å². The highest BCUT2D eigenvalue weighted by atomic mass is 16.4. The van der Waals surface area contributed by atoms with Crippen molar-refractivity contribution >= 4 is 17.6 Å². The number of hydrogen-bond donors (Lipinski definition) is 2. The highest BCUT2D eigenvalue weighted by Crippen LogP contribution is 2.14. The largest absolute Gasteiger partial charge is 0.478 e. The van der Waals surface area contributed by atoms with E-state index < -0.39 is 11.9 Å². The van der Waals surface area contributed by atoms with Crippen LogP contribution >= 0.6 is 0 Å². The Bertz CT molecular complexity index is 619. The zero-order chi connectivity index (χ0) is 17.2. The Labute approximate surface area is 135 Å². The van der Waals surface area contributed by atoms with Crippen molar-refractivity contribution in [1.29, 1.82) is 0 Å². The minimum atomic E-state index is -0.879. The number of rotatable bonds is 5. The van der Waals surface area contributed by atoms with Crippen molar-refractivity contribution < 1.29 is 19.8 Å². The summed E-state index contributed by atoms with van der Waals surface area (Å²) in [6.45, 7) is 6.02. The Hall–Kier alpha value is -2.82. The second-order valence-corrected chi connectivity index (χ2v) is 4.70. The van der Waals surface area contributed by atoms with Gasteiger partial charge in [0.2, 0.25) is 0 Å². The van der Waals surface area contributed by atoms with Gasteiger partial charge in [0.15, 0.2) is 0 Å². The molecule has 23 heavy (non-hydrogen) atoms. The van der Waals surface area contributed by atoms with Crippen LogP contribution in [0.15, 0.2) is 54.6 Å². The van der Waals surface area contributed by atoms with Gasteiger partial charge in [0.1, 0.15) is 0 Å². The normalized spacial score (nSPS) is 9.48. The van der Waals surface area contributed by atoms with Crippen LogP contribution in [0.25, 0.3) is 0 Å². The molecule has 0 aliphatic carbocycles. The molecule has 0 spiro atoms. The maximum atomic E-state index is 10.6. The van der Waals surface area contributed by atoms with E-state index in [1.165, 1.54) is 0 Å². The van der Waals surface area contributed by atoms with Gasteiger partial charge in [0.05, 0.1) is 11.1 Å². The molecule has 0 aliphatic rings. The fourth-order valence-corrected chi connectivity index (χ4v) is 1.98. The SMILES string of the molecule is CCN(CC)c1ccc(C(=O)O)cc1.O=C(O)c1ccccc1. The molecule has 2 N–H and O–H groups in total. The summed E-state index contributed by atoms with van der Waals surface area (Å²) in [6.07, 6.45) is 0. The van der Waals surface area contributed by atoms with Crippen molar-refractivity contribution in [3.05, 3.63) is 65.7 Å². The average molecular weight is 315 g/mol. The lowest BCUT2D eigenvalue weighted by atomic mass is 10.2. The van der Waals surface area contributed by atoms with Crippen molar-refractivity contribution in [2.24, 2.45) is 0 Å². The predicted octanol–water partition coefficient (Wildman–Crippen LogP) is 3.62. The number of aromatic carboxylic acids is 2. The summed E-state index contributed by atoms with van der Waals surface area (Å²) < 4.78 is 0. The van der Waals surface area contributed by atoms with Gasteiger partial charge in [0, 0.05) is 18.8 Å². The van der Waals surface area contributed by atoms with Crippen LogP contribution in [0, 0.1) is 0 Å². The van der Waals surface area contributed by atoms with Crippen LogP contribution in [0.2, 0.25) is 0 Å². The lowest BCUT2D eigenvalue weighted by Gasteiger charge is -2.20. The molecule has 0 radical (unpaired) electrons. The Morgan fingerprint density at radius 1 is 0.783 bits per heavy atom. The third kappa shape index (κ3) is 5.82. The van der Waals surface area contributed by atoms with Gasteiger partial charge in [-0.25, -0.2) is 9.59 Å². The molecule has 5 nitrogen and oxygen atoms in total. The first-order chi connectivity index (χ1) is 11.0. The van der Waals surface area contributed by atoms with Crippen molar-refractivity contribution in [3.63, 3.8) is 0 Å². The lowest BCUT2D eigenvalue weighted by Crippen LogP contribution is -2.21. The summed E-state index contributed by atoms with van der Waals surface area (Å²) in [5.74, 6) is -1.76. The molecule has 2 aromatic rings. The first kappa shape index (κ1) is 18.2. The molecule has 0 bridgehead atoms. The fraction of sp³-hybridized carbons (Fsp3) is 0.222. The first-order valence-corrected chi connectivity index (χ1v) is 7.36. The maximum Gasteiger partial charge on any atom is 0.335 e. The van der Waals surface area contributed by atoms with Crippen LogP contribution in [0.3, 0.4) is 0 Å². The van der Waals surface area contributed by atoms with E-state index in [0.717, 1.165) is 18.8 Å². The fourth-order valence-electron chi connectivity index (χ4n) is 1.98. The molecule has 0 aliphatic heterocycles. The third-order valence-corrected chi connectivity index (χ3v) is 3.26. The van der Waals surface area contributed by atoms with E-state index in [0.29, 0.717) is 11.1 Å². The van der Waals surface area contributed by atoms with E-state index in [1.54, 1.807) is 42.5 Å². The van der Waals surface area contributed by atoms with Crippen molar-refractivity contribution in [1.82, 2.24) is 0 Å². The zero-order valence-electron chi connectivity index (χ0n) is 13.3. The standard InChI is InChI=1S/C11H15NO2.C7H6O2/c1-3-12(4-2)10-7-5-9(6-8-10)11(13)14;8-7(9)6-4-2-1-3-5-6/h5-8H,3-4H2,1-2H3,(H,13,14);1-5H,(H,8,9). The van der Waals surface area contributed by atoms with Crippen LogP contribution in [0.4, 0.5) is 5.69 Å². The first-order valence-electron chi connectivity index (χ1n) is 7.36. The van der Waals surface area contributed by atoms with Crippen LogP contribution in [0.1, 0.15) is 34.6 Å². The second-order valence-electron chi connectivity index (χ2n) is 4.70. The van der Waals surface area contributed by atoms with E-state index in [1.807, 2.05) is 12.1 Å². The molecule has 2 rings (SSSR count). The number of carbonyl (C=O) groups is 2. The molecule has 0 heterocycles. The maximum absolute atomic E-state index is 10.6. The monoisotopic (exact) mass is 315 g/mol. The summed E-state index contributed by atoms with van der Waals surface area (Å²) in [5.41, 5.74) is 1.73. The second kappa shape index (κ2) is 9.25. The van der Waals surface area contributed by atoms with E-state index in [9.17, 15) is 9.59 Å². The Kier molecular flexibility index (Phi) is 7.33. The zero-order valence-corrected chi connectivity index (χ0v) is 13.3. The Morgan fingerprint density at radius 2 is 1.22 bits per heavy atom. The molecule has 0 aromatic heterocycles. The van der Waals surface area contributed by atoms with Gasteiger partial charge in [-0.1, -0.05) is 18.2 Å². The van der Waals surface area contributed by atoms with Gasteiger partial charge in [-0.2, -0.15) is 0 Å². The van der Waals surface area contributed by atoms with Crippen molar-refractivity contribution in [3.8, 4) is 0 Å². The van der Waals surface area contributed by atoms with E-state index >= 15 is 0 Å². The molecule has 0 amide bonds. The van der Waals surface area contributed by atoms with Crippen LogP contribution in [0.5, 0.6) is 0 Å². The quantitative estimate of drug-likeness (QED) is 0.881. The van der Waals surface area contributed by atoms with E-state index in [2.05, 4.69) is 18.7 Å². The van der Waals surface area contributed by atoms with E-state index in [4.69, 9.17) is 10.2 Å². The molecule has 0 atom stereocenters. The van der Waals surface area contributed by atoms with Gasteiger partial charge in [-0.05, 0) is 50.2 Å². The number of benzene rings is 2. The number of carboxylic acids is 2. The van der Waals surface area contributed by atoms with Crippen LogP contribution < -0.4 is 4.90 Å². The highest BCUT2D eigenvalue weighted by molar-refractivity contribution is 5.88. The molecule has 122 valence electrons. The lowest BCUT2D eigenvalue weighted by molar-refractivity contribution is 0.0686. The van der Waals surface area contributed by atoms with E-state index in [-0.39, 0.29) is 0 Å². The molecule has 0 fully saturated rings.